The molecule has 0 saturated heterocycles. The van der Waals surface area contributed by atoms with Gasteiger partial charge in [0.25, 0.3) is 5.56 Å². The maximum atomic E-state index is 12.9. The van der Waals surface area contributed by atoms with Crippen molar-refractivity contribution < 1.29 is 4.79 Å². The van der Waals surface area contributed by atoms with Gasteiger partial charge in [-0.15, -0.1) is 16.9 Å². The standard InChI is InChI=1S/C20H20N4O2S/c1-14-10-12-23(17-8-4-5-9-18(17)27-14)19(25)11-13-24-20(26)15-6-2-3-7-16(15)21-22-24/h2-9,14H,10-13H2,1H3. The third kappa shape index (κ3) is 3.60. The molecule has 1 atom stereocenters. The summed E-state index contributed by atoms with van der Waals surface area (Å²) in [5, 5.41) is 9.03. The van der Waals surface area contributed by atoms with Crippen LogP contribution in [-0.4, -0.2) is 32.7 Å². The van der Waals surface area contributed by atoms with E-state index in [4.69, 9.17) is 0 Å². The lowest BCUT2D eigenvalue weighted by Crippen LogP contribution is -2.34. The maximum Gasteiger partial charge on any atom is 0.277 e. The van der Waals surface area contributed by atoms with E-state index < -0.39 is 0 Å². The Hall–Kier alpha value is -2.67. The van der Waals surface area contributed by atoms with Crippen molar-refractivity contribution in [2.24, 2.45) is 0 Å². The molecule has 0 spiro atoms. The zero-order chi connectivity index (χ0) is 18.8. The third-order valence-electron chi connectivity index (χ3n) is 4.71. The van der Waals surface area contributed by atoms with Crippen molar-refractivity contribution in [2.45, 2.75) is 36.5 Å². The highest BCUT2D eigenvalue weighted by molar-refractivity contribution is 8.00. The number of rotatable bonds is 3. The summed E-state index contributed by atoms with van der Waals surface area (Å²) in [6.45, 7) is 3.08. The Morgan fingerprint density at radius 2 is 1.96 bits per heavy atom. The summed E-state index contributed by atoms with van der Waals surface area (Å²) in [4.78, 5) is 28.4. The Balaban J connectivity index is 1.55. The van der Waals surface area contributed by atoms with Gasteiger partial charge in [0.05, 0.1) is 17.6 Å². The zero-order valence-electron chi connectivity index (χ0n) is 15.0. The van der Waals surface area contributed by atoms with Crippen LogP contribution in [0.5, 0.6) is 0 Å². The molecule has 1 aliphatic heterocycles. The normalized spacial score (nSPS) is 16.8. The predicted octanol–water partition coefficient (Wildman–Crippen LogP) is 3.10. The van der Waals surface area contributed by atoms with Gasteiger partial charge in [0, 0.05) is 23.1 Å². The minimum Gasteiger partial charge on any atom is -0.311 e. The van der Waals surface area contributed by atoms with Gasteiger partial charge in [0.15, 0.2) is 0 Å². The molecule has 0 bridgehead atoms. The molecule has 3 aromatic rings. The van der Waals surface area contributed by atoms with Crippen molar-refractivity contribution in [3.05, 3.63) is 58.9 Å². The van der Waals surface area contributed by atoms with Crippen LogP contribution in [0, 0.1) is 0 Å². The molecule has 0 fully saturated rings. The monoisotopic (exact) mass is 380 g/mol. The highest BCUT2D eigenvalue weighted by atomic mass is 32.2. The summed E-state index contributed by atoms with van der Waals surface area (Å²) in [6.07, 6.45) is 1.14. The van der Waals surface area contributed by atoms with E-state index in [-0.39, 0.29) is 24.4 Å². The number of carbonyl (C=O) groups is 1. The van der Waals surface area contributed by atoms with E-state index in [2.05, 4.69) is 23.3 Å². The van der Waals surface area contributed by atoms with Gasteiger partial charge in [-0.3, -0.25) is 9.59 Å². The number of hydrogen-bond acceptors (Lipinski definition) is 5. The van der Waals surface area contributed by atoms with Crippen LogP contribution in [0.1, 0.15) is 19.8 Å². The van der Waals surface area contributed by atoms with Crippen molar-refractivity contribution in [3.63, 3.8) is 0 Å². The Kier molecular flexibility index (Phi) is 4.94. The summed E-state index contributed by atoms with van der Waals surface area (Å²) in [7, 11) is 0. The number of aromatic nitrogens is 3. The second-order valence-electron chi connectivity index (χ2n) is 6.62. The molecule has 0 N–H and O–H groups in total. The number of para-hydroxylation sites is 1. The van der Waals surface area contributed by atoms with Crippen molar-refractivity contribution in [1.82, 2.24) is 15.0 Å². The molecule has 1 aliphatic rings. The third-order valence-corrected chi connectivity index (χ3v) is 5.95. The minimum atomic E-state index is -0.214. The quantitative estimate of drug-likeness (QED) is 0.698. The van der Waals surface area contributed by atoms with Gasteiger partial charge in [-0.2, -0.15) is 0 Å². The van der Waals surface area contributed by atoms with Crippen molar-refractivity contribution >= 4 is 34.3 Å². The topological polar surface area (TPSA) is 68.1 Å². The molecule has 4 rings (SSSR count). The van der Waals surface area contributed by atoms with Crippen molar-refractivity contribution in [1.29, 1.82) is 0 Å². The van der Waals surface area contributed by atoms with Gasteiger partial charge in [0.2, 0.25) is 5.91 Å². The largest absolute Gasteiger partial charge is 0.311 e. The van der Waals surface area contributed by atoms with Crippen LogP contribution in [-0.2, 0) is 11.3 Å². The molecular formula is C20H20N4O2S. The first-order chi connectivity index (χ1) is 13.1. The molecule has 138 valence electrons. The summed E-state index contributed by atoms with van der Waals surface area (Å²) < 4.78 is 1.28. The van der Waals surface area contributed by atoms with Crippen LogP contribution in [0.15, 0.2) is 58.2 Å². The Bertz CT molecular complexity index is 1050. The molecule has 27 heavy (non-hydrogen) atoms. The molecule has 1 aromatic heterocycles. The Morgan fingerprint density at radius 1 is 1.19 bits per heavy atom. The molecule has 0 radical (unpaired) electrons. The fourth-order valence-corrected chi connectivity index (χ4v) is 4.37. The van der Waals surface area contributed by atoms with Crippen LogP contribution in [0.2, 0.25) is 0 Å². The van der Waals surface area contributed by atoms with E-state index in [0.29, 0.717) is 22.7 Å². The molecule has 0 aliphatic carbocycles. The molecule has 2 aromatic carbocycles. The zero-order valence-corrected chi connectivity index (χ0v) is 15.9. The number of aryl methyl sites for hydroxylation is 1. The van der Waals surface area contributed by atoms with E-state index in [1.807, 2.05) is 29.2 Å². The lowest BCUT2D eigenvalue weighted by Gasteiger charge is -2.22. The maximum absolute atomic E-state index is 12.9. The second-order valence-corrected chi connectivity index (χ2v) is 8.10. The van der Waals surface area contributed by atoms with E-state index >= 15 is 0 Å². The Morgan fingerprint density at radius 3 is 2.85 bits per heavy atom. The lowest BCUT2D eigenvalue weighted by atomic mass is 10.2. The Labute approximate surface area is 161 Å². The molecular weight excluding hydrogens is 360 g/mol. The second kappa shape index (κ2) is 7.52. The number of benzene rings is 2. The van der Waals surface area contributed by atoms with Crippen LogP contribution in [0.4, 0.5) is 5.69 Å². The fourth-order valence-electron chi connectivity index (χ4n) is 3.25. The fraction of sp³-hybridized carbons (Fsp3) is 0.300. The molecule has 2 heterocycles. The summed E-state index contributed by atoms with van der Waals surface area (Å²) in [5.74, 6) is -0.000918. The van der Waals surface area contributed by atoms with Gasteiger partial charge in [-0.1, -0.05) is 36.4 Å². The summed E-state index contributed by atoms with van der Waals surface area (Å²) >= 11 is 1.80. The smallest absolute Gasteiger partial charge is 0.277 e. The number of nitrogens with zero attached hydrogens (tertiary/aromatic N) is 4. The number of amides is 1. The molecule has 0 saturated carbocycles. The van der Waals surface area contributed by atoms with Gasteiger partial charge in [0.1, 0.15) is 5.52 Å². The van der Waals surface area contributed by atoms with E-state index in [1.165, 1.54) is 4.68 Å². The van der Waals surface area contributed by atoms with Crippen molar-refractivity contribution in [3.8, 4) is 0 Å². The number of hydrogen-bond donors (Lipinski definition) is 0. The van der Waals surface area contributed by atoms with Gasteiger partial charge < -0.3 is 4.90 Å². The average molecular weight is 380 g/mol. The molecule has 1 unspecified atom stereocenters. The first-order valence-corrected chi connectivity index (χ1v) is 9.90. The first-order valence-electron chi connectivity index (χ1n) is 9.02. The SMILES string of the molecule is CC1CCN(C(=O)CCn2nnc3ccccc3c2=O)c2ccccc2S1. The number of fused-ring (bicyclic) bond motifs is 2. The number of anilines is 1. The predicted molar refractivity (Wildman–Crippen MR) is 107 cm³/mol. The highest BCUT2D eigenvalue weighted by Crippen LogP contribution is 2.37. The highest BCUT2D eigenvalue weighted by Gasteiger charge is 2.24. The van der Waals surface area contributed by atoms with Crippen LogP contribution < -0.4 is 10.5 Å². The number of carbonyl (C=O) groups excluding carboxylic acids is 1. The van der Waals surface area contributed by atoms with Crippen LogP contribution in [0.25, 0.3) is 10.9 Å². The molecule has 6 nitrogen and oxygen atoms in total. The van der Waals surface area contributed by atoms with Crippen LogP contribution >= 0.6 is 11.8 Å². The molecule has 7 heteroatoms. The van der Waals surface area contributed by atoms with Gasteiger partial charge >= 0.3 is 0 Å². The van der Waals surface area contributed by atoms with Crippen molar-refractivity contribution in [2.75, 3.05) is 11.4 Å². The van der Waals surface area contributed by atoms with Gasteiger partial charge in [-0.05, 0) is 30.7 Å². The van der Waals surface area contributed by atoms with E-state index in [1.54, 1.807) is 30.0 Å². The van der Waals surface area contributed by atoms with Crippen LogP contribution in [0.3, 0.4) is 0 Å². The van der Waals surface area contributed by atoms with E-state index in [0.717, 1.165) is 17.0 Å². The molecule has 1 amide bonds. The van der Waals surface area contributed by atoms with E-state index in [9.17, 15) is 9.59 Å². The minimum absolute atomic E-state index is 0.000918. The van der Waals surface area contributed by atoms with Gasteiger partial charge in [-0.25, -0.2) is 4.68 Å². The summed E-state index contributed by atoms with van der Waals surface area (Å²) in [5.41, 5.74) is 1.31. The average Bonchev–Trinajstić information content (AvgIpc) is 2.85. The lowest BCUT2D eigenvalue weighted by molar-refractivity contribution is -0.118. The summed E-state index contributed by atoms with van der Waals surface area (Å²) in [6, 6.07) is 15.1. The number of thioether (sulfide) groups is 1. The first kappa shape index (κ1) is 17.7.